The molecule has 0 saturated heterocycles. The highest BCUT2D eigenvalue weighted by Gasteiger charge is 2.24. The first-order valence-corrected chi connectivity index (χ1v) is 13.5. The molecule has 0 unspecified atom stereocenters. The first-order valence-electron chi connectivity index (χ1n) is 13.5. The normalized spacial score (nSPS) is 12.6. The maximum Gasteiger partial charge on any atom is 0.0703 e. The van der Waals surface area contributed by atoms with Gasteiger partial charge in [0.25, 0.3) is 0 Å². The van der Waals surface area contributed by atoms with Gasteiger partial charge in [-0.15, -0.1) is 0 Å². The van der Waals surface area contributed by atoms with Crippen LogP contribution in [0.15, 0.2) is 127 Å². The van der Waals surface area contributed by atoms with Crippen molar-refractivity contribution in [3.05, 3.63) is 127 Å². The fourth-order valence-electron chi connectivity index (χ4n) is 7.29. The molecule has 0 aliphatic heterocycles. The number of nitrogens with zero attached hydrogens (tertiary/aromatic N) is 3. The number of hydrogen-bond donors (Lipinski definition) is 0. The summed E-state index contributed by atoms with van der Waals surface area (Å²) in [5, 5.41) is 7.78. The minimum Gasteiger partial charge on any atom is -0.309 e. The Morgan fingerprint density at radius 1 is 0.308 bits per heavy atom. The molecule has 3 heteroatoms. The van der Waals surface area contributed by atoms with Crippen molar-refractivity contribution in [2.24, 2.45) is 0 Å². The molecule has 10 rings (SSSR count). The highest BCUT2D eigenvalue weighted by Crippen LogP contribution is 2.46. The van der Waals surface area contributed by atoms with Crippen LogP contribution in [0.25, 0.3) is 82.1 Å². The van der Waals surface area contributed by atoms with Crippen molar-refractivity contribution in [1.29, 1.82) is 0 Å². The third kappa shape index (κ3) is 2.23. The van der Waals surface area contributed by atoms with Gasteiger partial charge in [0.1, 0.15) is 0 Å². The third-order valence-corrected chi connectivity index (χ3v) is 8.74. The van der Waals surface area contributed by atoms with E-state index in [2.05, 4.69) is 141 Å². The molecule has 4 aromatic heterocycles. The Morgan fingerprint density at radius 3 is 1.26 bits per heavy atom. The van der Waals surface area contributed by atoms with Gasteiger partial charge in [-0.1, -0.05) is 78.9 Å². The van der Waals surface area contributed by atoms with E-state index in [-0.39, 0.29) is 0 Å². The van der Waals surface area contributed by atoms with Gasteiger partial charge >= 0.3 is 0 Å². The molecule has 0 saturated carbocycles. The number of para-hydroxylation sites is 5. The standard InChI is InChI=1S/C36H21N3/c1-2-10-22(11-3-1)37-31-20-18-25-23-12-4-6-14-27(23)38-29-16-8-9-17-30(29)39-28-15-7-5-13-24(28)26-19-21-32(37)34(36(26)39)33(31)35(25)38/h1-21H. The van der Waals surface area contributed by atoms with Gasteiger partial charge in [0.2, 0.25) is 0 Å². The predicted octanol–water partition coefficient (Wildman–Crippen LogP) is 9.34. The molecule has 0 radical (unpaired) electrons. The Kier molecular flexibility index (Phi) is 3.44. The van der Waals surface area contributed by atoms with Gasteiger partial charge in [0, 0.05) is 38.0 Å². The number of fused-ring (bicyclic) bond motifs is 9. The van der Waals surface area contributed by atoms with Crippen LogP contribution in [0.3, 0.4) is 0 Å². The number of benzene rings is 6. The van der Waals surface area contributed by atoms with E-state index >= 15 is 0 Å². The van der Waals surface area contributed by atoms with E-state index in [1.807, 2.05) is 0 Å². The van der Waals surface area contributed by atoms with E-state index in [1.165, 1.54) is 82.1 Å². The van der Waals surface area contributed by atoms with Crippen LogP contribution in [0, 0.1) is 0 Å². The van der Waals surface area contributed by atoms with E-state index in [9.17, 15) is 0 Å². The Morgan fingerprint density at radius 2 is 0.744 bits per heavy atom. The highest BCUT2D eigenvalue weighted by molar-refractivity contribution is 6.33. The molecule has 10 aromatic rings. The summed E-state index contributed by atoms with van der Waals surface area (Å²) in [4.78, 5) is 0. The molecule has 0 aliphatic carbocycles. The smallest absolute Gasteiger partial charge is 0.0703 e. The van der Waals surface area contributed by atoms with Crippen LogP contribution in [-0.4, -0.2) is 13.4 Å². The van der Waals surface area contributed by atoms with E-state index in [1.54, 1.807) is 0 Å². The molecule has 39 heavy (non-hydrogen) atoms. The van der Waals surface area contributed by atoms with Crippen LogP contribution in [0.4, 0.5) is 0 Å². The average Bonchev–Trinajstić information content (AvgIpc) is 3.62. The molecule has 0 amide bonds. The van der Waals surface area contributed by atoms with Gasteiger partial charge in [-0.25, -0.2) is 0 Å². The van der Waals surface area contributed by atoms with Gasteiger partial charge in [-0.3, -0.25) is 0 Å². The number of hydrogen-bond acceptors (Lipinski definition) is 0. The summed E-state index contributed by atoms with van der Waals surface area (Å²) < 4.78 is 7.46. The molecule has 3 nitrogen and oxygen atoms in total. The van der Waals surface area contributed by atoms with Gasteiger partial charge in [0.05, 0.1) is 44.1 Å². The van der Waals surface area contributed by atoms with Crippen LogP contribution < -0.4 is 0 Å². The van der Waals surface area contributed by atoms with Crippen molar-refractivity contribution in [1.82, 2.24) is 13.4 Å². The SMILES string of the molecule is c1ccc(-n2c3ccc4c5ccccc5n5c6ccccc6n6c7ccccc7c7ccc2c(c3c45)c76)cc1. The lowest BCUT2D eigenvalue weighted by Crippen LogP contribution is -1.93. The van der Waals surface area contributed by atoms with Crippen LogP contribution in [-0.2, 0) is 0 Å². The van der Waals surface area contributed by atoms with Crippen LogP contribution in [0.5, 0.6) is 0 Å². The van der Waals surface area contributed by atoms with E-state index in [0.717, 1.165) is 0 Å². The summed E-state index contributed by atoms with van der Waals surface area (Å²) in [5.74, 6) is 0. The summed E-state index contributed by atoms with van der Waals surface area (Å²) in [7, 11) is 0. The fraction of sp³-hybridized carbons (Fsp3) is 0. The molecule has 4 heterocycles. The van der Waals surface area contributed by atoms with Crippen molar-refractivity contribution in [3.8, 4) is 5.69 Å². The Balaban J connectivity index is 1.69. The fourth-order valence-corrected chi connectivity index (χ4v) is 7.29. The second-order valence-corrected chi connectivity index (χ2v) is 10.6. The lowest BCUT2D eigenvalue weighted by molar-refractivity contribution is 1.18. The van der Waals surface area contributed by atoms with Gasteiger partial charge in [-0.2, -0.15) is 0 Å². The summed E-state index contributed by atoms with van der Waals surface area (Å²) in [6.07, 6.45) is 0. The zero-order valence-electron chi connectivity index (χ0n) is 21.0. The summed E-state index contributed by atoms with van der Waals surface area (Å²) >= 11 is 0. The lowest BCUT2D eigenvalue weighted by atomic mass is 10.0. The number of aromatic nitrogens is 3. The first kappa shape index (κ1) is 19.8. The Bertz CT molecular complexity index is 2430. The maximum absolute atomic E-state index is 2.51. The summed E-state index contributed by atoms with van der Waals surface area (Å²) in [5.41, 5.74) is 11.1. The maximum atomic E-state index is 2.51. The van der Waals surface area contributed by atoms with E-state index in [0.29, 0.717) is 0 Å². The largest absolute Gasteiger partial charge is 0.309 e. The van der Waals surface area contributed by atoms with Crippen molar-refractivity contribution >= 4 is 76.5 Å². The molecule has 0 aliphatic rings. The van der Waals surface area contributed by atoms with Crippen molar-refractivity contribution < 1.29 is 0 Å². The van der Waals surface area contributed by atoms with Crippen LogP contribution in [0.1, 0.15) is 0 Å². The summed E-state index contributed by atoms with van der Waals surface area (Å²) in [6, 6.07) is 46.7. The third-order valence-electron chi connectivity index (χ3n) is 8.74. The highest BCUT2D eigenvalue weighted by atomic mass is 15.0. The zero-order chi connectivity index (χ0) is 25.2. The lowest BCUT2D eigenvalue weighted by Gasteiger charge is -2.09. The quantitative estimate of drug-likeness (QED) is 0.215. The molecule has 0 spiro atoms. The van der Waals surface area contributed by atoms with E-state index in [4.69, 9.17) is 0 Å². The van der Waals surface area contributed by atoms with Crippen molar-refractivity contribution in [2.75, 3.05) is 0 Å². The Labute approximate surface area is 222 Å². The molecule has 0 bridgehead atoms. The molecular formula is C36H21N3. The van der Waals surface area contributed by atoms with Crippen LogP contribution in [0.2, 0.25) is 0 Å². The average molecular weight is 496 g/mol. The second-order valence-electron chi connectivity index (χ2n) is 10.6. The van der Waals surface area contributed by atoms with Gasteiger partial charge in [-0.05, 0) is 48.5 Å². The second kappa shape index (κ2) is 6.77. The first-order chi connectivity index (χ1) is 19.4. The topological polar surface area (TPSA) is 13.8 Å². The summed E-state index contributed by atoms with van der Waals surface area (Å²) in [6.45, 7) is 0. The number of rotatable bonds is 1. The zero-order valence-corrected chi connectivity index (χ0v) is 21.0. The van der Waals surface area contributed by atoms with Crippen molar-refractivity contribution in [3.63, 3.8) is 0 Å². The van der Waals surface area contributed by atoms with Gasteiger partial charge < -0.3 is 13.4 Å². The predicted molar refractivity (Wildman–Crippen MR) is 164 cm³/mol. The minimum atomic E-state index is 1.18. The molecule has 0 atom stereocenters. The molecule has 0 fully saturated rings. The minimum absolute atomic E-state index is 1.18. The van der Waals surface area contributed by atoms with Crippen molar-refractivity contribution in [2.45, 2.75) is 0 Å². The van der Waals surface area contributed by atoms with Gasteiger partial charge in [0.15, 0.2) is 0 Å². The monoisotopic (exact) mass is 495 g/mol. The Hall–Kier alpha value is -5.28. The van der Waals surface area contributed by atoms with E-state index < -0.39 is 0 Å². The van der Waals surface area contributed by atoms with Crippen LogP contribution >= 0.6 is 0 Å². The molecule has 0 N–H and O–H groups in total. The molecule has 6 aromatic carbocycles. The molecule has 180 valence electrons. The molecular weight excluding hydrogens is 474 g/mol.